The molecular formula is C10H18. The molecule has 0 heterocycles. The Balaban J connectivity index is 0. The molecule has 0 nitrogen and oxygen atoms in total. The van der Waals surface area contributed by atoms with Crippen LogP contribution in [0.25, 0.3) is 0 Å². The van der Waals surface area contributed by atoms with Crippen LogP contribution in [0.1, 0.15) is 27.2 Å². The van der Waals surface area contributed by atoms with Gasteiger partial charge in [0.2, 0.25) is 0 Å². The van der Waals surface area contributed by atoms with Gasteiger partial charge in [-0.2, -0.15) is 0 Å². The molecule has 0 saturated carbocycles. The van der Waals surface area contributed by atoms with Gasteiger partial charge in [-0.1, -0.05) is 30.7 Å². The highest BCUT2D eigenvalue weighted by Crippen LogP contribution is 1.96. The molecule has 0 spiro atoms. The standard InChI is InChI=1S/C8H14.C2H4/c1-4-6-7-8(3)5-2;1-2/h4,6-7H,5H2,1-3H3;1-2H2/b6-4-,8-7-;. The molecule has 0 bridgehead atoms. The smallest absolute Gasteiger partial charge is 0.0349 e. The molecule has 10 heavy (non-hydrogen) atoms. The quantitative estimate of drug-likeness (QED) is 0.403. The van der Waals surface area contributed by atoms with E-state index in [-0.39, 0.29) is 0 Å². The minimum Gasteiger partial charge on any atom is -0.106 e. The molecule has 0 unspecified atom stereocenters. The van der Waals surface area contributed by atoms with Crippen LogP contribution in [-0.4, -0.2) is 0 Å². The van der Waals surface area contributed by atoms with Gasteiger partial charge in [0, 0.05) is 0 Å². The molecule has 0 rings (SSSR count). The predicted octanol–water partition coefficient (Wildman–Crippen LogP) is 3.72. The van der Waals surface area contributed by atoms with Crippen LogP contribution in [0.3, 0.4) is 0 Å². The van der Waals surface area contributed by atoms with Crippen molar-refractivity contribution in [3.8, 4) is 0 Å². The molecule has 0 fully saturated rings. The van der Waals surface area contributed by atoms with Crippen LogP contribution in [0, 0.1) is 0 Å². The maximum Gasteiger partial charge on any atom is -0.0349 e. The molecule has 58 valence electrons. The van der Waals surface area contributed by atoms with Gasteiger partial charge >= 0.3 is 0 Å². The Morgan fingerprint density at radius 3 is 2.20 bits per heavy atom. The molecular weight excluding hydrogens is 120 g/mol. The molecule has 0 aliphatic rings. The van der Waals surface area contributed by atoms with Gasteiger partial charge in [-0.15, -0.1) is 13.2 Å². The van der Waals surface area contributed by atoms with Crippen molar-refractivity contribution in [3.05, 3.63) is 37.0 Å². The molecule has 0 amide bonds. The maximum absolute atomic E-state index is 3.00. The second-order valence-electron chi connectivity index (χ2n) is 1.89. The molecule has 0 aliphatic heterocycles. The van der Waals surface area contributed by atoms with Crippen molar-refractivity contribution in [1.82, 2.24) is 0 Å². The summed E-state index contributed by atoms with van der Waals surface area (Å²) < 4.78 is 0. The van der Waals surface area contributed by atoms with E-state index in [1.54, 1.807) is 0 Å². The number of hydrogen-bond donors (Lipinski definition) is 0. The largest absolute Gasteiger partial charge is 0.106 e. The Labute approximate surface area is 65.0 Å². The van der Waals surface area contributed by atoms with E-state index >= 15 is 0 Å². The Hall–Kier alpha value is -0.780. The van der Waals surface area contributed by atoms with Crippen LogP contribution < -0.4 is 0 Å². The summed E-state index contributed by atoms with van der Waals surface area (Å²) in [6.07, 6.45) is 7.41. The van der Waals surface area contributed by atoms with Crippen molar-refractivity contribution in [2.75, 3.05) is 0 Å². The SMILES string of the molecule is C/C=C\C=C(\C)CC.C=C. The summed E-state index contributed by atoms with van der Waals surface area (Å²) in [4.78, 5) is 0. The van der Waals surface area contributed by atoms with Gasteiger partial charge < -0.3 is 0 Å². The van der Waals surface area contributed by atoms with Gasteiger partial charge in [-0.05, 0) is 20.3 Å². The highest BCUT2D eigenvalue weighted by molar-refractivity contribution is 5.08. The summed E-state index contributed by atoms with van der Waals surface area (Å²) in [6.45, 7) is 12.3. The summed E-state index contributed by atoms with van der Waals surface area (Å²) in [5, 5.41) is 0. The average Bonchev–Trinajstić information content (AvgIpc) is 2.04. The van der Waals surface area contributed by atoms with Crippen molar-refractivity contribution in [2.45, 2.75) is 27.2 Å². The van der Waals surface area contributed by atoms with E-state index < -0.39 is 0 Å². The Morgan fingerprint density at radius 1 is 1.40 bits per heavy atom. The third-order valence-electron chi connectivity index (χ3n) is 1.13. The zero-order chi connectivity index (χ0) is 8.41. The third kappa shape index (κ3) is 10.3. The second-order valence-corrected chi connectivity index (χ2v) is 1.89. The summed E-state index contributed by atoms with van der Waals surface area (Å²) in [5.41, 5.74) is 1.43. The first-order valence-electron chi connectivity index (χ1n) is 3.59. The number of rotatable bonds is 2. The monoisotopic (exact) mass is 138 g/mol. The van der Waals surface area contributed by atoms with Crippen LogP contribution in [-0.2, 0) is 0 Å². The molecule has 0 N–H and O–H groups in total. The fourth-order valence-electron chi connectivity index (χ4n) is 0.378. The fraction of sp³-hybridized carbons (Fsp3) is 0.400. The first-order valence-corrected chi connectivity index (χ1v) is 3.59. The third-order valence-corrected chi connectivity index (χ3v) is 1.13. The van der Waals surface area contributed by atoms with Crippen molar-refractivity contribution in [2.24, 2.45) is 0 Å². The molecule has 0 aromatic carbocycles. The van der Waals surface area contributed by atoms with E-state index in [1.165, 1.54) is 5.57 Å². The Morgan fingerprint density at radius 2 is 1.90 bits per heavy atom. The maximum atomic E-state index is 3.00. The van der Waals surface area contributed by atoms with Crippen LogP contribution in [0.15, 0.2) is 37.0 Å². The lowest BCUT2D eigenvalue weighted by molar-refractivity contribution is 1.10. The molecule has 0 atom stereocenters. The molecule has 0 heteroatoms. The van der Waals surface area contributed by atoms with Crippen LogP contribution >= 0.6 is 0 Å². The Kier molecular flexibility index (Phi) is 13.2. The molecule has 0 aromatic rings. The second kappa shape index (κ2) is 11.1. The molecule has 0 saturated heterocycles. The Bertz CT molecular complexity index is 107. The highest BCUT2D eigenvalue weighted by Gasteiger charge is 1.75. The summed E-state index contributed by atoms with van der Waals surface area (Å²) >= 11 is 0. The van der Waals surface area contributed by atoms with Crippen molar-refractivity contribution in [1.29, 1.82) is 0 Å². The van der Waals surface area contributed by atoms with E-state index in [0.717, 1.165) is 6.42 Å². The number of hydrogen-bond acceptors (Lipinski definition) is 0. The fourth-order valence-corrected chi connectivity index (χ4v) is 0.378. The van der Waals surface area contributed by atoms with Crippen LogP contribution in [0.2, 0.25) is 0 Å². The van der Waals surface area contributed by atoms with Gasteiger partial charge in [0.05, 0.1) is 0 Å². The average molecular weight is 138 g/mol. The lowest BCUT2D eigenvalue weighted by Crippen LogP contribution is -1.66. The molecule has 0 radical (unpaired) electrons. The summed E-state index contributed by atoms with van der Waals surface area (Å²) in [7, 11) is 0. The highest BCUT2D eigenvalue weighted by atomic mass is 13.8. The van der Waals surface area contributed by atoms with E-state index in [4.69, 9.17) is 0 Å². The van der Waals surface area contributed by atoms with E-state index in [0.29, 0.717) is 0 Å². The normalized spacial score (nSPS) is 10.9. The van der Waals surface area contributed by atoms with E-state index in [9.17, 15) is 0 Å². The van der Waals surface area contributed by atoms with Gasteiger partial charge in [-0.3, -0.25) is 0 Å². The number of allylic oxidation sites excluding steroid dienone is 4. The first-order chi connectivity index (χ1) is 4.81. The lowest BCUT2D eigenvalue weighted by atomic mass is 10.2. The summed E-state index contributed by atoms with van der Waals surface area (Å²) in [5.74, 6) is 0. The van der Waals surface area contributed by atoms with Gasteiger partial charge in [0.15, 0.2) is 0 Å². The topological polar surface area (TPSA) is 0 Å². The van der Waals surface area contributed by atoms with Gasteiger partial charge in [-0.25, -0.2) is 0 Å². The van der Waals surface area contributed by atoms with Crippen molar-refractivity contribution >= 4 is 0 Å². The van der Waals surface area contributed by atoms with Gasteiger partial charge in [0.1, 0.15) is 0 Å². The lowest BCUT2D eigenvalue weighted by Gasteiger charge is -1.87. The molecule has 0 aliphatic carbocycles. The predicted molar refractivity (Wildman–Crippen MR) is 50.1 cm³/mol. The minimum atomic E-state index is 1.16. The zero-order valence-corrected chi connectivity index (χ0v) is 7.35. The molecule has 0 aromatic heterocycles. The minimum absolute atomic E-state index is 1.16. The van der Waals surface area contributed by atoms with Crippen molar-refractivity contribution in [3.63, 3.8) is 0 Å². The van der Waals surface area contributed by atoms with Crippen LogP contribution in [0.5, 0.6) is 0 Å². The van der Waals surface area contributed by atoms with Crippen molar-refractivity contribution < 1.29 is 0 Å². The summed E-state index contributed by atoms with van der Waals surface area (Å²) in [6, 6.07) is 0. The van der Waals surface area contributed by atoms with E-state index in [1.807, 2.05) is 13.0 Å². The zero-order valence-electron chi connectivity index (χ0n) is 7.35. The first kappa shape index (κ1) is 12.0. The van der Waals surface area contributed by atoms with Gasteiger partial charge in [0.25, 0.3) is 0 Å². The van der Waals surface area contributed by atoms with E-state index in [2.05, 4.69) is 39.2 Å². The van der Waals surface area contributed by atoms with Crippen LogP contribution in [0.4, 0.5) is 0 Å².